The van der Waals surface area contributed by atoms with Crippen LogP contribution in [-0.4, -0.2) is 36.7 Å². The first-order valence-electron chi connectivity index (χ1n) is 4.74. The second kappa shape index (κ2) is 5.59. The van der Waals surface area contributed by atoms with Crippen LogP contribution in [-0.2, 0) is 14.3 Å². The Labute approximate surface area is 82.4 Å². The molecule has 1 amide bonds. The number of hydrogen-bond acceptors (Lipinski definition) is 3. The van der Waals surface area contributed by atoms with Crippen molar-refractivity contribution >= 4 is 11.9 Å². The Kier molecular flexibility index (Phi) is 4.39. The Hall–Kier alpha value is -1.10. The molecule has 1 aliphatic heterocycles. The molecular formula is C9H15NO4. The number of ether oxygens (including phenoxy) is 1. The molecule has 0 aromatic heterocycles. The number of amides is 1. The molecule has 0 bridgehead atoms. The molecule has 0 aliphatic carbocycles. The fourth-order valence-electron chi connectivity index (χ4n) is 1.41. The maximum Gasteiger partial charge on any atom is 0.322 e. The fourth-order valence-corrected chi connectivity index (χ4v) is 1.41. The van der Waals surface area contributed by atoms with E-state index in [9.17, 15) is 9.59 Å². The van der Waals surface area contributed by atoms with Gasteiger partial charge in [-0.15, -0.1) is 0 Å². The van der Waals surface area contributed by atoms with E-state index in [0.717, 1.165) is 26.1 Å². The summed E-state index contributed by atoms with van der Waals surface area (Å²) in [5.74, 6) is -0.743. The zero-order chi connectivity index (χ0) is 10.4. The van der Waals surface area contributed by atoms with Gasteiger partial charge in [0.1, 0.15) is 6.54 Å². The van der Waals surface area contributed by atoms with Gasteiger partial charge in [0.15, 0.2) is 0 Å². The highest BCUT2D eigenvalue weighted by Gasteiger charge is 2.16. The van der Waals surface area contributed by atoms with Crippen molar-refractivity contribution in [2.24, 2.45) is 5.92 Å². The van der Waals surface area contributed by atoms with Crippen molar-refractivity contribution in [3.8, 4) is 0 Å². The lowest BCUT2D eigenvalue weighted by Crippen LogP contribution is -2.29. The second-order valence-corrected chi connectivity index (χ2v) is 3.44. The molecule has 0 saturated carbocycles. The monoisotopic (exact) mass is 201 g/mol. The quantitative estimate of drug-likeness (QED) is 0.656. The van der Waals surface area contributed by atoms with Crippen molar-refractivity contribution in [3.05, 3.63) is 0 Å². The van der Waals surface area contributed by atoms with Crippen LogP contribution in [0.1, 0.15) is 19.3 Å². The summed E-state index contributed by atoms with van der Waals surface area (Å²) >= 11 is 0. The number of aliphatic carboxylic acids is 1. The van der Waals surface area contributed by atoms with Crippen LogP contribution in [0.2, 0.25) is 0 Å². The highest BCUT2D eigenvalue weighted by Crippen LogP contribution is 2.17. The summed E-state index contributed by atoms with van der Waals surface area (Å²) in [5, 5.41) is 10.6. The summed E-state index contributed by atoms with van der Waals surface area (Å²) in [4.78, 5) is 21.2. The summed E-state index contributed by atoms with van der Waals surface area (Å²) in [5.41, 5.74) is 0. The van der Waals surface area contributed by atoms with E-state index in [0.29, 0.717) is 12.3 Å². The first kappa shape index (κ1) is 11.0. The zero-order valence-corrected chi connectivity index (χ0v) is 7.99. The standard InChI is InChI=1S/C9H15NO4/c11-8(10-5-9(12)13)2-1-7-3-4-14-6-7/h7H,1-6H2,(H,10,11)(H,12,13). The van der Waals surface area contributed by atoms with E-state index in [2.05, 4.69) is 5.32 Å². The molecule has 0 spiro atoms. The molecule has 0 aromatic rings. The molecule has 1 unspecified atom stereocenters. The minimum absolute atomic E-state index is 0.195. The maximum atomic E-state index is 11.1. The summed E-state index contributed by atoms with van der Waals surface area (Å²) in [7, 11) is 0. The number of nitrogens with one attached hydrogen (secondary N) is 1. The normalized spacial score (nSPS) is 20.7. The van der Waals surface area contributed by atoms with Crippen LogP contribution in [0.3, 0.4) is 0 Å². The van der Waals surface area contributed by atoms with Gasteiger partial charge in [0, 0.05) is 19.6 Å². The molecule has 2 N–H and O–H groups in total. The maximum absolute atomic E-state index is 11.1. The molecular weight excluding hydrogens is 186 g/mol. The van der Waals surface area contributed by atoms with Gasteiger partial charge >= 0.3 is 5.97 Å². The van der Waals surface area contributed by atoms with E-state index in [-0.39, 0.29) is 12.5 Å². The summed E-state index contributed by atoms with van der Waals surface area (Å²) in [6.07, 6.45) is 2.18. The molecule has 0 radical (unpaired) electrons. The van der Waals surface area contributed by atoms with Gasteiger partial charge in [0.2, 0.25) is 5.91 Å². The first-order chi connectivity index (χ1) is 6.68. The Morgan fingerprint density at radius 2 is 2.29 bits per heavy atom. The predicted octanol–water partition coefficient (Wildman–Crippen LogP) is 0.00390. The third-order valence-electron chi connectivity index (χ3n) is 2.24. The molecule has 1 rings (SSSR count). The number of rotatable bonds is 5. The number of carboxylic acid groups (broad SMARTS) is 1. The molecule has 14 heavy (non-hydrogen) atoms. The lowest BCUT2D eigenvalue weighted by molar-refractivity contribution is -0.138. The molecule has 5 nitrogen and oxygen atoms in total. The van der Waals surface area contributed by atoms with Crippen LogP contribution >= 0.6 is 0 Å². The van der Waals surface area contributed by atoms with Crippen molar-refractivity contribution in [1.82, 2.24) is 5.32 Å². The highest BCUT2D eigenvalue weighted by atomic mass is 16.5. The third-order valence-corrected chi connectivity index (χ3v) is 2.24. The zero-order valence-electron chi connectivity index (χ0n) is 7.99. The number of carboxylic acids is 1. The topological polar surface area (TPSA) is 75.6 Å². The Morgan fingerprint density at radius 1 is 1.50 bits per heavy atom. The summed E-state index contributed by atoms with van der Waals surface area (Å²) < 4.78 is 5.16. The van der Waals surface area contributed by atoms with Gasteiger partial charge in [0.05, 0.1) is 0 Å². The Balaban J connectivity index is 2.05. The largest absolute Gasteiger partial charge is 0.480 e. The number of hydrogen-bond donors (Lipinski definition) is 2. The Morgan fingerprint density at radius 3 is 2.86 bits per heavy atom. The van der Waals surface area contributed by atoms with Gasteiger partial charge in [-0.1, -0.05) is 0 Å². The molecule has 1 fully saturated rings. The van der Waals surface area contributed by atoms with Crippen molar-refractivity contribution in [2.75, 3.05) is 19.8 Å². The van der Waals surface area contributed by atoms with E-state index in [4.69, 9.17) is 9.84 Å². The van der Waals surface area contributed by atoms with Crippen LogP contribution in [0, 0.1) is 5.92 Å². The van der Waals surface area contributed by atoms with Gasteiger partial charge in [-0.05, 0) is 18.8 Å². The first-order valence-corrected chi connectivity index (χ1v) is 4.74. The lowest BCUT2D eigenvalue weighted by Gasteiger charge is -2.06. The van der Waals surface area contributed by atoms with Crippen LogP contribution in [0.5, 0.6) is 0 Å². The lowest BCUT2D eigenvalue weighted by atomic mass is 10.0. The highest BCUT2D eigenvalue weighted by molar-refractivity contribution is 5.80. The average Bonchev–Trinajstić information content (AvgIpc) is 2.63. The smallest absolute Gasteiger partial charge is 0.322 e. The van der Waals surface area contributed by atoms with Gasteiger partial charge in [0.25, 0.3) is 0 Å². The average molecular weight is 201 g/mol. The molecule has 1 heterocycles. The minimum Gasteiger partial charge on any atom is -0.480 e. The van der Waals surface area contributed by atoms with Crippen LogP contribution < -0.4 is 5.32 Å². The van der Waals surface area contributed by atoms with Gasteiger partial charge in [-0.2, -0.15) is 0 Å². The molecule has 80 valence electrons. The molecule has 0 aromatic carbocycles. The van der Waals surface area contributed by atoms with Gasteiger partial charge in [-0.3, -0.25) is 9.59 Å². The Bertz CT molecular complexity index is 211. The van der Waals surface area contributed by atoms with Crippen LogP contribution in [0.25, 0.3) is 0 Å². The van der Waals surface area contributed by atoms with Crippen molar-refractivity contribution in [2.45, 2.75) is 19.3 Å². The SMILES string of the molecule is O=C(O)CNC(=O)CCC1CCOC1. The predicted molar refractivity (Wildman–Crippen MR) is 48.8 cm³/mol. The van der Waals surface area contributed by atoms with E-state index in [1.807, 2.05) is 0 Å². The van der Waals surface area contributed by atoms with Crippen LogP contribution in [0.4, 0.5) is 0 Å². The minimum atomic E-state index is -1.01. The van der Waals surface area contributed by atoms with Crippen molar-refractivity contribution in [3.63, 3.8) is 0 Å². The number of carbonyl (C=O) groups is 2. The van der Waals surface area contributed by atoms with Gasteiger partial charge < -0.3 is 15.2 Å². The van der Waals surface area contributed by atoms with E-state index >= 15 is 0 Å². The van der Waals surface area contributed by atoms with Crippen molar-refractivity contribution < 1.29 is 19.4 Å². The van der Waals surface area contributed by atoms with Crippen LogP contribution in [0.15, 0.2) is 0 Å². The summed E-state index contributed by atoms with van der Waals surface area (Å²) in [6.45, 7) is 1.22. The van der Waals surface area contributed by atoms with E-state index in [1.54, 1.807) is 0 Å². The second-order valence-electron chi connectivity index (χ2n) is 3.44. The summed E-state index contributed by atoms with van der Waals surface area (Å²) in [6, 6.07) is 0. The molecule has 1 aliphatic rings. The molecule has 1 saturated heterocycles. The fraction of sp³-hybridized carbons (Fsp3) is 0.778. The van der Waals surface area contributed by atoms with Gasteiger partial charge in [-0.25, -0.2) is 0 Å². The third kappa shape index (κ3) is 4.23. The van der Waals surface area contributed by atoms with Crippen molar-refractivity contribution in [1.29, 1.82) is 0 Å². The van der Waals surface area contributed by atoms with E-state index in [1.165, 1.54) is 0 Å². The number of carbonyl (C=O) groups excluding carboxylic acids is 1. The molecule has 1 atom stereocenters. The van der Waals surface area contributed by atoms with E-state index < -0.39 is 5.97 Å². The molecule has 5 heteroatoms.